The maximum Gasteiger partial charge on any atom is 0.307 e. The van der Waals surface area contributed by atoms with Crippen molar-refractivity contribution in [1.82, 2.24) is 4.90 Å². The molecule has 21 heavy (non-hydrogen) atoms. The Balaban J connectivity index is 2.93. The van der Waals surface area contributed by atoms with Crippen LogP contribution in [0.1, 0.15) is 22.3 Å². The molecule has 0 aromatic heterocycles. The smallest absolute Gasteiger partial charge is 0.307 e. The summed E-state index contributed by atoms with van der Waals surface area (Å²) in [6, 6.07) is 3.61. The van der Waals surface area contributed by atoms with Crippen LogP contribution < -0.4 is 0 Å². The first-order valence-electron chi connectivity index (χ1n) is 6.21. The van der Waals surface area contributed by atoms with Crippen LogP contribution in [0.3, 0.4) is 0 Å². The molecule has 1 aromatic rings. The van der Waals surface area contributed by atoms with Crippen LogP contribution in [0.25, 0.3) is 0 Å². The number of hydrogen-bond donors (Lipinski definition) is 1. The van der Waals surface area contributed by atoms with Gasteiger partial charge in [0, 0.05) is 19.2 Å². The Morgan fingerprint density at radius 2 is 2.14 bits per heavy atom. The lowest BCUT2D eigenvalue weighted by atomic mass is 10.1. The highest BCUT2D eigenvalue weighted by Gasteiger charge is 2.16. The first-order valence-corrected chi connectivity index (χ1v) is 6.21. The number of amides is 1. The first-order chi connectivity index (χ1) is 9.99. The number of carbonyl (C=O) groups is 2. The van der Waals surface area contributed by atoms with E-state index in [9.17, 15) is 14.0 Å². The van der Waals surface area contributed by atoms with Crippen LogP contribution in [0.2, 0.25) is 0 Å². The highest BCUT2D eigenvalue weighted by molar-refractivity contribution is 5.96. The first kappa shape index (κ1) is 16.7. The molecule has 6 heteroatoms. The molecule has 0 spiro atoms. The number of methoxy groups -OCH3 is 1. The van der Waals surface area contributed by atoms with Gasteiger partial charge in [0.2, 0.25) is 0 Å². The minimum Gasteiger partial charge on any atom is -0.469 e. The van der Waals surface area contributed by atoms with Gasteiger partial charge in [-0.2, -0.15) is 0 Å². The molecule has 0 aliphatic rings. The van der Waals surface area contributed by atoms with Crippen LogP contribution in [0, 0.1) is 17.7 Å². The molecule has 0 radical (unpaired) electrons. The fourth-order valence-corrected chi connectivity index (χ4v) is 1.61. The van der Waals surface area contributed by atoms with E-state index in [0.29, 0.717) is 0 Å². The van der Waals surface area contributed by atoms with Gasteiger partial charge >= 0.3 is 5.97 Å². The molecule has 1 amide bonds. The predicted molar refractivity (Wildman–Crippen MR) is 74.0 cm³/mol. The number of aliphatic hydroxyl groups is 1. The lowest BCUT2D eigenvalue weighted by molar-refractivity contribution is -0.140. The van der Waals surface area contributed by atoms with Gasteiger partial charge in [0.25, 0.3) is 5.91 Å². The van der Waals surface area contributed by atoms with Crippen molar-refractivity contribution in [3.8, 4) is 11.8 Å². The lowest BCUT2D eigenvalue weighted by Crippen LogP contribution is -2.29. The molecule has 0 fully saturated rings. The van der Waals surface area contributed by atoms with E-state index in [1.165, 1.54) is 25.1 Å². The number of aliphatic hydroxyl groups excluding tert-OH is 1. The van der Waals surface area contributed by atoms with E-state index in [0.717, 1.165) is 12.1 Å². The average Bonchev–Trinajstić information content (AvgIpc) is 2.49. The van der Waals surface area contributed by atoms with Crippen LogP contribution in [0.15, 0.2) is 18.2 Å². The van der Waals surface area contributed by atoms with Gasteiger partial charge in [-0.05, 0) is 18.2 Å². The Morgan fingerprint density at radius 3 is 2.76 bits per heavy atom. The number of esters is 1. The molecule has 1 N–H and O–H groups in total. The second-order valence-corrected chi connectivity index (χ2v) is 4.20. The standard InChI is InChI=1S/C15H16FNO4/c1-17(8-7-14(19)21-2)15(20)13-6-5-12(16)10-11(13)4-3-9-18/h5-6,10,18H,7-9H2,1-2H3. The van der Waals surface area contributed by atoms with Crippen LogP contribution in [0.5, 0.6) is 0 Å². The van der Waals surface area contributed by atoms with E-state index in [1.54, 1.807) is 0 Å². The zero-order valence-corrected chi connectivity index (χ0v) is 11.9. The fraction of sp³-hybridized carbons (Fsp3) is 0.333. The largest absolute Gasteiger partial charge is 0.469 e. The Hall–Kier alpha value is -2.39. The summed E-state index contributed by atoms with van der Waals surface area (Å²) in [5.74, 6) is 3.58. The van der Waals surface area contributed by atoms with Crippen molar-refractivity contribution in [2.75, 3.05) is 27.3 Å². The quantitative estimate of drug-likeness (QED) is 0.659. The summed E-state index contributed by atoms with van der Waals surface area (Å²) in [6.45, 7) is -0.210. The third-order valence-corrected chi connectivity index (χ3v) is 2.74. The van der Waals surface area contributed by atoms with Crippen LogP contribution in [0.4, 0.5) is 4.39 Å². The van der Waals surface area contributed by atoms with Crippen molar-refractivity contribution in [1.29, 1.82) is 0 Å². The minimum absolute atomic E-state index is 0.0671. The number of halogens is 1. The topological polar surface area (TPSA) is 66.8 Å². The molecule has 0 heterocycles. The summed E-state index contributed by atoms with van der Waals surface area (Å²) in [6.07, 6.45) is 0.0671. The maximum absolute atomic E-state index is 13.2. The van der Waals surface area contributed by atoms with Crippen LogP contribution in [-0.4, -0.2) is 49.2 Å². The molecule has 0 aliphatic heterocycles. The van der Waals surface area contributed by atoms with Crippen molar-refractivity contribution >= 4 is 11.9 Å². The molecule has 0 unspecified atom stereocenters. The monoisotopic (exact) mass is 293 g/mol. The maximum atomic E-state index is 13.2. The third-order valence-electron chi connectivity index (χ3n) is 2.74. The van der Waals surface area contributed by atoms with E-state index >= 15 is 0 Å². The van der Waals surface area contributed by atoms with Crippen molar-refractivity contribution < 1.29 is 23.8 Å². The SMILES string of the molecule is COC(=O)CCN(C)C(=O)c1ccc(F)cc1C#CCO. The normalized spacial score (nSPS) is 9.52. The summed E-state index contributed by atoms with van der Waals surface area (Å²) in [5.41, 5.74) is 0.406. The van der Waals surface area contributed by atoms with Gasteiger partial charge in [0.15, 0.2) is 0 Å². The predicted octanol–water partition coefficient (Wildman–Crippen LogP) is 0.805. The fourth-order valence-electron chi connectivity index (χ4n) is 1.61. The van der Waals surface area contributed by atoms with Crippen LogP contribution in [-0.2, 0) is 9.53 Å². The molecule has 0 bridgehead atoms. The van der Waals surface area contributed by atoms with Gasteiger partial charge in [-0.15, -0.1) is 0 Å². The Labute approximate surface area is 122 Å². The van der Waals surface area contributed by atoms with Crippen LogP contribution >= 0.6 is 0 Å². The summed E-state index contributed by atoms with van der Waals surface area (Å²) in [5, 5.41) is 8.69. The van der Waals surface area contributed by atoms with Gasteiger partial charge < -0.3 is 14.7 Å². The number of ether oxygens (including phenoxy) is 1. The summed E-state index contributed by atoms with van der Waals surface area (Å²) in [4.78, 5) is 24.7. The summed E-state index contributed by atoms with van der Waals surface area (Å²) in [7, 11) is 2.80. The number of hydrogen-bond acceptors (Lipinski definition) is 4. The second-order valence-electron chi connectivity index (χ2n) is 4.20. The number of rotatable bonds is 4. The zero-order chi connectivity index (χ0) is 15.8. The van der Waals surface area contributed by atoms with Crippen molar-refractivity contribution in [3.63, 3.8) is 0 Å². The van der Waals surface area contributed by atoms with Gasteiger partial charge in [-0.3, -0.25) is 9.59 Å². The number of benzene rings is 1. The van der Waals surface area contributed by atoms with E-state index in [-0.39, 0.29) is 36.6 Å². The van der Waals surface area contributed by atoms with E-state index in [1.807, 2.05) is 0 Å². The molecule has 1 aromatic carbocycles. The minimum atomic E-state index is -0.522. The molecular formula is C15H16FNO4. The molecule has 5 nitrogen and oxygen atoms in total. The second kappa shape index (κ2) is 8.02. The molecule has 0 atom stereocenters. The van der Waals surface area contributed by atoms with Gasteiger partial charge in [0.05, 0.1) is 19.1 Å². The molecular weight excluding hydrogens is 277 g/mol. The molecule has 112 valence electrons. The van der Waals surface area contributed by atoms with E-state index in [2.05, 4.69) is 16.6 Å². The summed E-state index contributed by atoms with van der Waals surface area (Å²) < 4.78 is 17.7. The Bertz CT molecular complexity index is 589. The third kappa shape index (κ3) is 4.89. The van der Waals surface area contributed by atoms with Crippen molar-refractivity contribution in [3.05, 3.63) is 35.1 Å². The lowest BCUT2D eigenvalue weighted by Gasteiger charge is -2.17. The molecule has 0 saturated carbocycles. The number of nitrogens with zero attached hydrogens (tertiary/aromatic N) is 1. The van der Waals surface area contributed by atoms with Crippen molar-refractivity contribution in [2.24, 2.45) is 0 Å². The Kier molecular flexibility index (Phi) is 6.37. The Morgan fingerprint density at radius 1 is 1.43 bits per heavy atom. The van der Waals surface area contributed by atoms with Gasteiger partial charge in [-0.1, -0.05) is 11.8 Å². The number of carbonyl (C=O) groups excluding carboxylic acids is 2. The zero-order valence-electron chi connectivity index (χ0n) is 11.9. The van der Waals surface area contributed by atoms with Gasteiger partial charge in [-0.25, -0.2) is 4.39 Å². The van der Waals surface area contributed by atoms with Gasteiger partial charge in [0.1, 0.15) is 12.4 Å². The van der Waals surface area contributed by atoms with E-state index in [4.69, 9.17) is 5.11 Å². The van der Waals surface area contributed by atoms with E-state index < -0.39 is 11.8 Å². The molecule has 1 rings (SSSR count). The highest BCUT2D eigenvalue weighted by atomic mass is 19.1. The highest BCUT2D eigenvalue weighted by Crippen LogP contribution is 2.13. The molecule has 0 aliphatic carbocycles. The average molecular weight is 293 g/mol. The summed E-state index contributed by atoms with van der Waals surface area (Å²) >= 11 is 0. The van der Waals surface area contributed by atoms with Crippen molar-refractivity contribution in [2.45, 2.75) is 6.42 Å². The molecule has 0 saturated heterocycles.